The lowest BCUT2D eigenvalue weighted by atomic mass is 10.1. The average molecular weight is 285 g/mol. The summed E-state index contributed by atoms with van der Waals surface area (Å²) in [6.07, 6.45) is 1.65. The lowest BCUT2D eigenvalue weighted by molar-refractivity contribution is 1.08. The van der Waals surface area contributed by atoms with Gasteiger partial charge in [0, 0.05) is 12.8 Å². The highest BCUT2D eigenvalue weighted by atomic mass is 32.2. The number of anilines is 1. The molecule has 2 N–H and O–H groups in total. The molecule has 3 aromatic rings. The Bertz CT molecular complexity index is 737. The van der Waals surface area contributed by atoms with Crippen LogP contribution in [0, 0.1) is 6.92 Å². The third-order valence-electron chi connectivity index (χ3n) is 3.10. The molecule has 0 bridgehead atoms. The monoisotopic (exact) mass is 285 g/mol. The molecule has 0 unspecified atom stereocenters. The van der Waals surface area contributed by atoms with Crippen LogP contribution in [-0.2, 0) is 5.75 Å². The lowest BCUT2D eigenvalue weighted by Gasteiger charge is -2.06. The fourth-order valence-electron chi connectivity index (χ4n) is 1.94. The largest absolute Gasteiger partial charge is 0.357 e. The molecule has 0 aliphatic carbocycles. The number of nitrogens with one attached hydrogen (secondary N) is 2. The van der Waals surface area contributed by atoms with Crippen LogP contribution in [0.15, 0.2) is 35.6 Å². The van der Waals surface area contributed by atoms with Gasteiger partial charge in [-0.05, 0) is 18.1 Å². The van der Waals surface area contributed by atoms with Crippen LogP contribution in [0.25, 0.3) is 11.2 Å². The molecule has 102 valence electrons. The van der Waals surface area contributed by atoms with Crippen molar-refractivity contribution in [1.82, 2.24) is 19.9 Å². The predicted molar refractivity (Wildman–Crippen MR) is 82.0 cm³/mol. The number of fused-ring (bicyclic) bond motifs is 1. The number of aryl methyl sites for hydroxylation is 1. The Morgan fingerprint density at radius 3 is 2.90 bits per heavy atom. The predicted octanol–water partition coefficient (Wildman–Crippen LogP) is 3.00. The van der Waals surface area contributed by atoms with Crippen molar-refractivity contribution < 1.29 is 0 Å². The van der Waals surface area contributed by atoms with Gasteiger partial charge in [0.1, 0.15) is 10.5 Å². The van der Waals surface area contributed by atoms with Crippen molar-refractivity contribution in [2.75, 3.05) is 12.4 Å². The molecular weight excluding hydrogens is 270 g/mol. The Morgan fingerprint density at radius 1 is 1.25 bits per heavy atom. The molecule has 0 radical (unpaired) electrons. The average Bonchev–Trinajstić information content (AvgIpc) is 2.94. The Labute approximate surface area is 121 Å². The van der Waals surface area contributed by atoms with Crippen LogP contribution in [0.5, 0.6) is 0 Å². The first kappa shape index (κ1) is 12.9. The topological polar surface area (TPSA) is 66.5 Å². The van der Waals surface area contributed by atoms with Gasteiger partial charge < -0.3 is 10.3 Å². The maximum atomic E-state index is 4.51. The van der Waals surface area contributed by atoms with Gasteiger partial charge >= 0.3 is 0 Å². The van der Waals surface area contributed by atoms with Crippen molar-refractivity contribution in [2.45, 2.75) is 17.7 Å². The summed E-state index contributed by atoms with van der Waals surface area (Å²) in [5.74, 6) is 1.47. The Morgan fingerprint density at radius 2 is 2.10 bits per heavy atom. The molecule has 0 saturated carbocycles. The number of thioether (sulfide) groups is 1. The molecule has 0 aliphatic rings. The number of benzene rings is 1. The Kier molecular flexibility index (Phi) is 3.56. The van der Waals surface area contributed by atoms with Crippen LogP contribution >= 0.6 is 11.8 Å². The van der Waals surface area contributed by atoms with Crippen molar-refractivity contribution >= 4 is 28.9 Å². The molecule has 20 heavy (non-hydrogen) atoms. The summed E-state index contributed by atoms with van der Waals surface area (Å²) >= 11 is 1.69. The van der Waals surface area contributed by atoms with E-state index in [9.17, 15) is 0 Å². The summed E-state index contributed by atoms with van der Waals surface area (Å²) in [6.45, 7) is 2.13. The second kappa shape index (κ2) is 5.50. The van der Waals surface area contributed by atoms with Crippen molar-refractivity contribution in [2.24, 2.45) is 0 Å². The number of nitrogens with zero attached hydrogens (tertiary/aromatic N) is 3. The molecule has 0 amide bonds. The van der Waals surface area contributed by atoms with E-state index >= 15 is 0 Å². The summed E-state index contributed by atoms with van der Waals surface area (Å²) in [5.41, 5.74) is 4.19. The first-order valence-electron chi connectivity index (χ1n) is 6.34. The van der Waals surface area contributed by atoms with Gasteiger partial charge in [-0.1, -0.05) is 36.0 Å². The van der Waals surface area contributed by atoms with Crippen molar-refractivity contribution in [3.05, 3.63) is 41.7 Å². The standard InChI is InChI=1S/C14H15N5S/c1-9-5-3-4-6-10(9)7-20-13-11-12(17-8-16-11)18-14(15-2)19-13/h3-6,8H,7H2,1-2H3,(H2,15,16,17,18,19). The molecule has 0 spiro atoms. The van der Waals surface area contributed by atoms with Crippen LogP contribution < -0.4 is 5.32 Å². The summed E-state index contributed by atoms with van der Waals surface area (Å²) in [5, 5.41) is 3.89. The summed E-state index contributed by atoms with van der Waals surface area (Å²) < 4.78 is 0. The highest BCUT2D eigenvalue weighted by Gasteiger charge is 2.10. The molecule has 1 aromatic carbocycles. The molecular formula is C14H15N5S. The van der Waals surface area contributed by atoms with Crippen molar-refractivity contribution in [3.8, 4) is 0 Å². The summed E-state index contributed by atoms with van der Waals surface area (Å²) in [4.78, 5) is 16.1. The van der Waals surface area contributed by atoms with E-state index in [1.807, 2.05) is 7.05 Å². The Hall–Kier alpha value is -2.08. The van der Waals surface area contributed by atoms with Crippen LogP contribution in [0.2, 0.25) is 0 Å². The molecule has 0 atom stereocenters. The molecule has 5 nitrogen and oxygen atoms in total. The molecule has 2 heterocycles. The van der Waals surface area contributed by atoms with E-state index < -0.39 is 0 Å². The zero-order valence-corrected chi connectivity index (χ0v) is 12.2. The van der Waals surface area contributed by atoms with E-state index in [1.165, 1.54) is 11.1 Å². The van der Waals surface area contributed by atoms with E-state index in [-0.39, 0.29) is 0 Å². The molecule has 6 heteroatoms. The SMILES string of the molecule is CNc1nc(SCc2ccccc2C)c2[nH]cnc2n1. The van der Waals surface area contributed by atoms with Crippen molar-refractivity contribution in [3.63, 3.8) is 0 Å². The second-order valence-electron chi connectivity index (χ2n) is 4.42. The van der Waals surface area contributed by atoms with Gasteiger partial charge in [-0.15, -0.1) is 0 Å². The van der Waals surface area contributed by atoms with Gasteiger partial charge in [-0.25, -0.2) is 9.97 Å². The zero-order chi connectivity index (χ0) is 13.9. The van der Waals surface area contributed by atoms with Gasteiger partial charge in [0.15, 0.2) is 5.65 Å². The maximum Gasteiger partial charge on any atom is 0.225 e. The smallest absolute Gasteiger partial charge is 0.225 e. The van der Waals surface area contributed by atoms with Crippen LogP contribution in [-0.4, -0.2) is 27.0 Å². The fraction of sp³-hybridized carbons (Fsp3) is 0.214. The summed E-state index contributed by atoms with van der Waals surface area (Å²) in [7, 11) is 1.81. The molecule has 0 saturated heterocycles. The number of hydrogen-bond donors (Lipinski definition) is 2. The van der Waals surface area contributed by atoms with E-state index in [4.69, 9.17) is 0 Å². The van der Waals surface area contributed by atoms with Crippen LogP contribution in [0.4, 0.5) is 5.95 Å². The van der Waals surface area contributed by atoms with Gasteiger partial charge in [-0.3, -0.25) is 0 Å². The second-order valence-corrected chi connectivity index (χ2v) is 5.38. The minimum absolute atomic E-state index is 0.594. The third-order valence-corrected chi connectivity index (χ3v) is 4.13. The number of hydrogen-bond acceptors (Lipinski definition) is 5. The molecule has 3 rings (SSSR count). The van der Waals surface area contributed by atoms with E-state index in [2.05, 4.69) is 56.4 Å². The number of rotatable bonds is 4. The highest BCUT2D eigenvalue weighted by Crippen LogP contribution is 2.28. The minimum atomic E-state index is 0.594. The first-order chi connectivity index (χ1) is 9.78. The van der Waals surface area contributed by atoms with E-state index in [0.717, 1.165) is 16.3 Å². The number of imidazole rings is 1. The Balaban J connectivity index is 1.90. The fourth-order valence-corrected chi connectivity index (χ4v) is 3.00. The highest BCUT2D eigenvalue weighted by molar-refractivity contribution is 7.98. The number of aromatic amines is 1. The lowest BCUT2D eigenvalue weighted by Crippen LogP contribution is -1.98. The third kappa shape index (κ3) is 2.46. The van der Waals surface area contributed by atoms with Crippen molar-refractivity contribution in [1.29, 1.82) is 0 Å². The van der Waals surface area contributed by atoms with Crippen LogP contribution in [0.1, 0.15) is 11.1 Å². The van der Waals surface area contributed by atoms with E-state index in [1.54, 1.807) is 18.1 Å². The van der Waals surface area contributed by atoms with Gasteiger partial charge in [0.25, 0.3) is 0 Å². The van der Waals surface area contributed by atoms with Gasteiger partial charge in [0.2, 0.25) is 5.95 Å². The summed E-state index contributed by atoms with van der Waals surface area (Å²) in [6, 6.07) is 8.39. The zero-order valence-electron chi connectivity index (χ0n) is 11.3. The minimum Gasteiger partial charge on any atom is -0.357 e. The maximum absolute atomic E-state index is 4.51. The van der Waals surface area contributed by atoms with Gasteiger partial charge in [0.05, 0.1) is 6.33 Å². The molecule has 2 aromatic heterocycles. The van der Waals surface area contributed by atoms with Gasteiger partial charge in [-0.2, -0.15) is 4.98 Å². The molecule has 0 fully saturated rings. The number of aromatic nitrogens is 4. The molecule has 0 aliphatic heterocycles. The van der Waals surface area contributed by atoms with Crippen LogP contribution in [0.3, 0.4) is 0 Å². The normalized spacial score (nSPS) is 10.9. The first-order valence-corrected chi connectivity index (χ1v) is 7.32. The quantitative estimate of drug-likeness (QED) is 0.570. The number of H-pyrrole nitrogens is 1. The van der Waals surface area contributed by atoms with E-state index in [0.29, 0.717) is 11.6 Å².